The molecule has 1 rings (SSSR count). The van der Waals surface area contributed by atoms with E-state index in [1.54, 1.807) is 13.0 Å². The molecular formula is C12H13ClO. The van der Waals surface area contributed by atoms with Crippen molar-refractivity contribution in [3.8, 4) is 0 Å². The molecule has 1 nitrogen and oxygen atoms in total. The van der Waals surface area contributed by atoms with Gasteiger partial charge in [0.05, 0.1) is 5.60 Å². The van der Waals surface area contributed by atoms with Crippen LogP contribution in [0, 0.1) is 0 Å². The molecule has 0 aromatic heterocycles. The standard InChI is InChI=1S/C12H13ClO/c1-3-12(2,14)9-8-10-4-6-11(13)7-5-10/h3-9,14H,1H2,2H3/b9-8+. The van der Waals surface area contributed by atoms with Gasteiger partial charge >= 0.3 is 0 Å². The first kappa shape index (κ1) is 11.0. The van der Waals surface area contributed by atoms with Crippen LogP contribution in [0.25, 0.3) is 6.08 Å². The summed E-state index contributed by atoms with van der Waals surface area (Å²) in [6.45, 7) is 5.21. The summed E-state index contributed by atoms with van der Waals surface area (Å²) in [5.74, 6) is 0. The first-order valence-electron chi connectivity index (χ1n) is 4.34. The fourth-order valence-electron chi connectivity index (χ4n) is 0.907. The molecule has 0 aliphatic heterocycles. The smallest absolute Gasteiger partial charge is 0.0981 e. The lowest BCUT2D eigenvalue weighted by molar-refractivity contribution is 0.165. The van der Waals surface area contributed by atoms with Crippen molar-refractivity contribution < 1.29 is 5.11 Å². The van der Waals surface area contributed by atoms with Gasteiger partial charge in [-0.25, -0.2) is 0 Å². The minimum atomic E-state index is -0.959. The second kappa shape index (κ2) is 4.45. The first-order chi connectivity index (χ1) is 6.53. The Labute approximate surface area is 89.3 Å². The third kappa shape index (κ3) is 3.36. The van der Waals surface area contributed by atoms with Crippen LogP contribution in [0.2, 0.25) is 5.02 Å². The van der Waals surface area contributed by atoms with Gasteiger partial charge in [-0.15, -0.1) is 0 Å². The lowest BCUT2D eigenvalue weighted by Crippen LogP contribution is -2.15. The van der Waals surface area contributed by atoms with E-state index in [0.29, 0.717) is 5.02 Å². The highest BCUT2D eigenvalue weighted by Crippen LogP contribution is 2.13. The van der Waals surface area contributed by atoms with Gasteiger partial charge in [0.25, 0.3) is 0 Å². The Hall–Kier alpha value is -1.05. The lowest BCUT2D eigenvalue weighted by atomic mass is 10.1. The molecule has 0 saturated heterocycles. The molecule has 0 heterocycles. The average Bonchev–Trinajstić information content (AvgIpc) is 2.17. The van der Waals surface area contributed by atoms with Gasteiger partial charge in [-0.3, -0.25) is 0 Å². The summed E-state index contributed by atoms with van der Waals surface area (Å²) < 4.78 is 0. The molecule has 0 spiro atoms. The van der Waals surface area contributed by atoms with E-state index in [2.05, 4.69) is 6.58 Å². The van der Waals surface area contributed by atoms with E-state index in [1.807, 2.05) is 30.3 Å². The molecule has 0 fully saturated rings. The van der Waals surface area contributed by atoms with Crippen molar-refractivity contribution in [3.05, 3.63) is 53.6 Å². The summed E-state index contributed by atoms with van der Waals surface area (Å²) in [5.41, 5.74) is 0.0381. The molecule has 0 radical (unpaired) electrons. The van der Waals surface area contributed by atoms with Crippen LogP contribution in [0.3, 0.4) is 0 Å². The Morgan fingerprint density at radius 3 is 2.43 bits per heavy atom. The van der Waals surface area contributed by atoms with Crippen molar-refractivity contribution in [2.24, 2.45) is 0 Å². The van der Waals surface area contributed by atoms with Crippen molar-refractivity contribution in [1.82, 2.24) is 0 Å². The Balaban J connectivity index is 2.78. The SMILES string of the molecule is C=CC(C)(O)/C=C/c1ccc(Cl)cc1. The molecule has 0 bridgehead atoms. The maximum atomic E-state index is 9.61. The lowest BCUT2D eigenvalue weighted by Gasteiger charge is -2.11. The highest BCUT2D eigenvalue weighted by atomic mass is 35.5. The molecule has 1 unspecified atom stereocenters. The van der Waals surface area contributed by atoms with Gasteiger partial charge in [0.2, 0.25) is 0 Å². The summed E-state index contributed by atoms with van der Waals surface area (Å²) >= 11 is 5.74. The van der Waals surface area contributed by atoms with E-state index >= 15 is 0 Å². The third-order valence-corrected chi connectivity index (χ3v) is 2.15. The summed E-state index contributed by atoms with van der Waals surface area (Å²) in [4.78, 5) is 0. The van der Waals surface area contributed by atoms with Gasteiger partial charge in [-0.05, 0) is 30.7 Å². The van der Waals surface area contributed by atoms with Crippen LogP contribution >= 0.6 is 11.6 Å². The molecule has 1 aromatic rings. The molecule has 74 valence electrons. The van der Waals surface area contributed by atoms with Crippen molar-refractivity contribution in [3.63, 3.8) is 0 Å². The van der Waals surface area contributed by atoms with Crippen LogP contribution < -0.4 is 0 Å². The number of aliphatic hydroxyl groups is 1. The molecule has 1 atom stereocenters. The third-order valence-electron chi connectivity index (χ3n) is 1.90. The van der Waals surface area contributed by atoms with Crippen LogP contribution in [0.4, 0.5) is 0 Å². The quantitative estimate of drug-likeness (QED) is 0.756. The zero-order valence-corrected chi connectivity index (χ0v) is 8.83. The maximum absolute atomic E-state index is 9.61. The Kier molecular flexibility index (Phi) is 3.50. The van der Waals surface area contributed by atoms with Gasteiger partial charge in [-0.1, -0.05) is 42.5 Å². The highest BCUT2D eigenvalue weighted by molar-refractivity contribution is 6.30. The van der Waals surface area contributed by atoms with E-state index in [4.69, 9.17) is 11.6 Å². The van der Waals surface area contributed by atoms with E-state index < -0.39 is 5.60 Å². The van der Waals surface area contributed by atoms with Crippen LogP contribution in [-0.4, -0.2) is 10.7 Å². The molecule has 1 aromatic carbocycles. The summed E-state index contributed by atoms with van der Waals surface area (Å²) in [5, 5.41) is 10.3. The molecular weight excluding hydrogens is 196 g/mol. The minimum Gasteiger partial charge on any atom is -0.382 e. The van der Waals surface area contributed by atoms with Gasteiger partial charge in [0.15, 0.2) is 0 Å². The van der Waals surface area contributed by atoms with Crippen molar-refractivity contribution >= 4 is 17.7 Å². The van der Waals surface area contributed by atoms with E-state index in [9.17, 15) is 5.11 Å². The number of hydrogen-bond acceptors (Lipinski definition) is 1. The van der Waals surface area contributed by atoms with E-state index in [-0.39, 0.29) is 0 Å². The van der Waals surface area contributed by atoms with Gasteiger partial charge < -0.3 is 5.11 Å². The summed E-state index contributed by atoms with van der Waals surface area (Å²) in [6.07, 6.45) is 5.00. The van der Waals surface area contributed by atoms with Crippen molar-refractivity contribution in [2.75, 3.05) is 0 Å². The number of benzene rings is 1. The second-order valence-corrected chi connectivity index (χ2v) is 3.75. The largest absolute Gasteiger partial charge is 0.382 e. The average molecular weight is 209 g/mol. The Morgan fingerprint density at radius 2 is 1.93 bits per heavy atom. The van der Waals surface area contributed by atoms with E-state index in [1.165, 1.54) is 6.08 Å². The van der Waals surface area contributed by atoms with Crippen LogP contribution in [0.1, 0.15) is 12.5 Å². The Bertz CT molecular complexity index is 336. The highest BCUT2D eigenvalue weighted by Gasteiger charge is 2.08. The molecule has 0 aliphatic carbocycles. The summed E-state index contributed by atoms with van der Waals surface area (Å²) in [7, 11) is 0. The number of hydrogen-bond donors (Lipinski definition) is 1. The molecule has 2 heteroatoms. The minimum absolute atomic E-state index is 0.706. The normalized spacial score (nSPS) is 15.4. The topological polar surface area (TPSA) is 20.2 Å². The van der Waals surface area contributed by atoms with Crippen LogP contribution in [0.15, 0.2) is 43.0 Å². The first-order valence-corrected chi connectivity index (χ1v) is 4.72. The second-order valence-electron chi connectivity index (χ2n) is 3.31. The molecule has 0 saturated carbocycles. The maximum Gasteiger partial charge on any atom is 0.0981 e. The van der Waals surface area contributed by atoms with Crippen LogP contribution in [0.5, 0.6) is 0 Å². The Morgan fingerprint density at radius 1 is 1.36 bits per heavy atom. The molecule has 14 heavy (non-hydrogen) atoms. The monoisotopic (exact) mass is 208 g/mol. The van der Waals surface area contributed by atoms with E-state index in [0.717, 1.165) is 5.56 Å². The molecule has 0 aliphatic rings. The number of halogens is 1. The van der Waals surface area contributed by atoms with Crippen LogP contribution in [-0.2, 0) is 0 Å². The number of rotatable bonds is 3. The van der Waals surface area contributed by atoms with Crippen molar-refractivity contribution in [2.45, 2.75) is 12.5 Å². The predicted molar refractivity (Wildman–Crippen MR) is 61.3 cm³/mol. The summed E-state index contributed by atoms with van der Waals surface area (Å²) in [6, 6.07) is 7.39. The van der Waals surface area contributed by atoms with Gasteiger partial charge in [0.1, 0.15) is 0 Å². The van der Waals surface area contributed by atoms with Gasteiger partial charge in [-0.2, -0.15) is 0 Å². The molecule has 1 N–H and O–H groups in total. The van der Waals surface area contributed by atoms with Crippen molar-refractivity contribution in [1.29, 1.82) is 0 Å². The van der Waals surface area contributed by atoms with Gasteiger partial charge in [0, 0.05) is 5.02 Å². The fraction of sp³-hybridized carbons (Fsp3) is 0.167. The molecule has 0 amide bonds. The fourth-order valence-corrected chi connectivity index (χ4v) is 1.03. The zero-order chi connectivity index (χ0) is 10.6. The zero-order valence-electron chi connectivity index (χ0n) is 8.07. The predicted octanol–water partition coefficient (Wildman–Crippen LogP) is 3.29.